The van der Waals surface area contributed by atoms with E-state index < -0.39 is 0 Å². The predicted molar refractivity (Wildman–Crippen MR) is 41.3 cm³/mol. The summed E-state index contributed by atoms with van der Waals surface area (Å²) in [7, 11) is 0. The van der Waals surface area contributed by atoms with Crippen LogP contribution >= 0.6 is 12.6 Å². The summed E-state index contributed by atoms with van der Waals surface area (Å²) in [4.78, 5) is 10.3. The summed E-state index contributed by atoms with van der Waals surface area (Å²) in [5.41, 5.74) is 1.08. The van der Waals surface area contributed by atoms with Gasteiger partial charge >= 0.3 is 0 Å². The Hall–Kier alpha value is -0.370. The highest BCUT2D eigenvalue weighted by molar-refractivity contribution is 7.96. The monoisotopic (exact) mass is 143 g/mol. The van der Waals surface area contributed by atoms with Crippen molar-refractivity contribution in [2.75, 3.05) is 0 Å². The molecule has 0 aliphatic rings. The molecule has 1 radical (unpaired) electrons. The highest BCUT2D eigenvalue weighted by Crippen LogP contribution is 2.02. The van der Waals surface area contributed by atoms with E-state index in [0.717, 1.165) is 12.0 Å². The maximum Gasteiger partial charge on any atom is 0.222 e. The van der Waals surface area contributed by atoms with Gasteiger partial charge in [0.25, 0.3) is 0 Å². The van der Waals surface area contributed by atoms with Gasteiger partial charge in [-0.25, -0.2) is 0 Å². The fraction of sp³-hybridized carbons (Fsp3) is 0.571. The fourth-order valence-corrected chi connectivity index (χ4v) is 0.876. The molecule has 0 spiro atoms. The van der Waals surface area contributed by atoms with Crippen molar-refractivity contribution in [3.8, 4) is 0 Å². The molecular weight excluding hydrogens is 132 g/mol. The average Bonchev–Trinajstić information content (AvgIpc) is 1.63. The normalized spacial score (nSPS) is 11.6. The molecular formula is C7H11OS. The third-order valence-corrected chi connectivity index (χ3v) is 1.12. The van der Waals surface area contributed by atoms with Gasteiger partial charge in [-0.15, -0.1) is 0 Å². The number of rotatable bonds is 3. The van der Waals surface area contributed by atoms with Gasteiger partial charge in [0, 0.05) is 6.42 Å². The first-order valence-corrected chi connectivity index (χ1v) is 3.43. The molecule has 0 atom stereocenters. The standard InChI is InChI=1S/C7H11OS/c1-3-4-6(2)5-7(8)9/h4H,3,5H2,1-2H3/b6-4+. The van der Waals surface area contributed by atoms with Gasteiger partial charge in [0.1, 0.15) is 0 Å². The molecule has 0 aromatic rings. The zero-order valence-corrected chi connectivity index (χ0v) is 6.62. The van der Waals surface area contributed by atoms with Crippen LogP contribution in [-0.2, 0) is 4.79 Å². The van der Waals surface area contributed by atoms with Gasteiger partial charge in [0.2, 0.25) is 5.12 Å². The fourth-order valence-electron chi connectivity index (χ4n) is 0.648. The minimum atomic E-state index is -0.169. The van der Waals surface area contributed by atoms with E-state index in [1.54, 1.807) is 0 Å². The van der Waals surface area contributed by atoms with Crippen molar-refractivity contribution in [3.05, 3.63) is 11.6 Å². The molecule has 9 heavy (non-hydrogen) atoms. The molecule has 0 saturated heterocycles. The Kier molecular flexibility index (Phi) is 4.32. The molecule has 0 fully saturated rings. The summed E-state index contributed by atoms with van der Waals surface area (Å²) >= 11 is 4.39. The lowest BCUT2D eigenvalue weighted by Crippen LogP contribution is -1.86. The maximum absolute atomic E-state index is 10.3. The van der Waals surface area contributed by atoms with E-state index in [1.165, 1.54) is 0 Å². The SMILES string of the molecule is CC/C=C(\C)CC(=O)[S]. The van der Waals surface area contributed by atoms with Gasteiger partial charge in [-0.3, -0.25) is 4.79 Å². The zero-order valence-electron chi connectivity index (χ0n) is 5.81. The Labute approximate surface area is 61.6 Å². The Morgan fingerprint density at radius 2 is 2.22 bits per heavy atom. The van der Waals surface area contributed by atoms with Crippen LogP contribution in [0.25, 0.3) is 0 Å². The molecule has 51 valence electrons. The summed E-state index contributed by atoms with van der Waals surface area (Å²) in [5, 5.41) is -0.169. The maximum atomic E-state index is 10.3. The van der Waals surface area contributed by atoms with Gasteiger partial charge in [-0.2, -0.15) is 0 Å². The van der Waals surface area contributed by atoms with E-state index in [9.17, 15) is 4.79 Å². The van der Waals surface area contributed by atoms with Gasteiger partial charge in [-0.05, 0) is 26.0 Å². The van der Waals surface area contributed by atoms with E-state index in [4.69, 9.17) is 0 Å². The number of carbonyl (C=O) groups excluding carboxylic acids is 1. The highest BCUT2D eigenvalue weighted by Gasteiger charge is 1.94. The zero-order chi connectivity index (χ0) is 7.28. The molecule has 1 nitrogen and oxygen atoms in total. The van der Waals surface area contributed by atoms with Crippen molar-refractivity contribution in [1.82, 2.24) is 0 Å². The van der Waals surface area contributed by atoms with Crippen LogP contribution in [0.2, 0.25) is 0 Å². The summed E-state index contributed by atoms with van der Waals surface area (Å²) < 4.78 is 0. The number of allylic oxidation sites excluding steroid dienone is 2. The quantitative estimate of drug-likeness (QED) is 0.555. The molecule has 0 rings (SSSR count). The van der Waals surface area contributed by atoms with Crippen LogP contribution in [0.15, 0.2) is 11.6 Å². The van der Waals surface area contributed by atoms with Crippen LogP contribution < -0.4 is 0 Å². The Balaban J connectivity index is 3.62. The van der Waals surface area contributed by atoms with Gasteiger partial charge in [0.05, 0.1) is 0 Å². The minimum Gasteiger partial charge on any atom is -0.282 e. The van der Waals surface area contributed by atoms with Crippen LogP contribution in [0.3, 0.4) is 0 Å². The van der Waals surface area contributed by atoms with Crippen LogP contribution in [0, 0.1) is 0 Å². The van der Waals surface area contributed by atoms with Crippen LogP contribution in [0.1, 0.15) is 26.7 Å². The Morgan fingerprint density at radius 3 is 2.56 bits per heavy atom. The number of hydrogen-bond donors (Lipinski definition) is 0. The van der Waals surface area contributed by atoms with Crippen LogP contribution in [0.4, 0.5) is 0 Å². The smallest absolute Gasteiger partial charge is 0.222 e. The van der Waals surface area contributed by atoms with Crippen molar-refractivity contribution in [2.45, 2.75) is 26.7 Å². The van der Waals surface area contributed by atoms with E-state index >= 15 is 0 Å². The molecule has 0 aromatic heterocycles. The second-order valence-corrected chi connectivity index (χ2v) is 2.46. The average molecular weight is 143 g/mol. The minimum absolute atomic E-state index is 0.169. The molecule has 0 aliphatic carbocycles. The lowest BCUT2D eigenvalue weighted by molar-refractivity contribution is -0.110. The molecule has 0 saturated carbocycles. The van der Waals surface area contributed by atoms with Crippen molar-refractivity contribution in [2.24, 2.45) is 0 Å². The molecule has 0 unspecified atom stereocenters. The van der Waals surface area contributed by atoms with E-state index in [1.807, 2.05) is 19.9 Å². The second-order valence-electron chi connectivity index (χ2n) is 2.01. The lowest BCUT2D eigenvalue weighted by atomic mass is 10.2. The van der Waals surface area contributed by atoms with Gasteiger partial charge in [0.15, 0.2) is 0 Å². The van der Waals surface area contributed by atoms with Crippen molar-refractivity contribution >= 4 is 17.7 Å². The Morgan fingerprint density at radius 1 is 1.67 bits per heavy atom. The number of carbonyl (C=O) groups is 1. The molecule has 0 aromatic carbocycles. The molecule has 0 bridgehead atoms. The highest BCUT2D eigenvalue weighted by atomic mass is 32.1. The predicted octanol–water partition coefficient (Wildman–Crippen LogP) is 2.46. The molecule has 0 N–H and O–H groups in total. The third-order valence-electron chi connectivity index (χ3n) is 0.976. The first kappa shape index (κ1) is 8.63. The van der Waals surface area contributed by atoms with Crippen LogP contribution in [-0.4, -0.2) is 5.12 Å². The van der Waals surface area contributed by atoms with E-state index in [-0.39, 0.29) is 5.12 Å². The van der Waals surface area contributed by atoms with Crippen molar-refractivity contribution in [1.29, 1.82) is 0 Å². The molecule has 2 heteroatoms. The third kappa shape index (κ3) is 5.50. The Bertz CT molecular complexity index is 127. The van der Waals surface area contributed by atoms with E-state index in [2.05, 4.69) is 12.6 Å². The summed E-state index contributed by atoms with van der Waals surface area (Å²) in [6.07, 6.45) is 3.43. The topological polar surface area (TPSA) is 17.1 Å². The van der Waals surface area contributed by atoms with Gasteiger partial charge < -0.3 is 0 Å². The second kappa shape index (κ2) is 4.50. The van der Waals surface area contributed by atoms with Crippen LogP contribution in [0.5, 0.6) is 0 Å². The molecule has 0 heterocycles. The summed E-state index contributed by atoms with van der Waals surface area (Å²) in [5.74, 6) is 0. The first-order valence-electron chi connectivity index (χ1n) is 3.02. The molecule has 0 amide bonds. The lowest BCUT2D eigenvalue weighted by Gasteiger charge is -1.91. The first-order chi connectivity index (χ1) is 4.16. The van der Waals surface area contributed by atoms with Crippen molar-refractivity contribution in [3.63, 3.8) is 0 Å². The van der Waals surface area contributed by atoms with Crippen molar-refractivity contribution < 1.29 is 4.79 Å². The largest absolute Gasteiger partial charge is 0.282 e. The molecule has 0 aliphatic heterocycles. The van der Waals surface area contributed by atoms with Gasteiger partial charge in [-0.1, -0.05) is 18.6 Å². The summed E-state index contributed by atoms with van der Waals surface area (Å²) in [6.45, 7) is 3.96. The summed E-state index contributed by atoms with van der Waals surface area (Å²) in [6, 6.07) is 0. The number of hydrogen-bond acceptors (Lipinski definition) is 1. The van der Waals surface area contributed by atoms with E-state index in [0.29, 0.717) is 6.42 Å².